The van der Waals surface area contributed by atoms with Crippen LogP contribution in [-0.2, 0) is 9.47 Å². The zero-order valence-corrected chi connectivity index (χ0v) is 10.00. The van der Waals surface area contributed by atoms with Crippen molar-refractivity contribution in [3.05, 3.63) is 0 Å². The Morgan fingerprint density at radius 3 is 2.27 bits per heavy atom. The molecule has 0 spiro atoms. The molecule has 0 aromatic carbocycles. The summed E-state index contributed by atoms with van der Waals surface area (Å²) in [6.45, 7) is 11.1. The molecule has 1 saturated heterocycles. The number of rotatable bonds is 7. The fraction of sp³-hybridized carbons (Fsp3) is 1.00. The van der Waals surface area contributed by atoms with Crippen molar-refractivity contribution in [3.63, 3.8) is 0 Å². The molecule has 0 aromatic rings. The van der Waals surface area contributed by atoms with Crippen LogP contribution in [-0.4, -0.2) is 57.1 Å². The molecular weight excluding hydrogens is 192 g/mol. The van der Waals surface area contributed by atoms with Gasteiger partial charge in [-0.3, -0.25) is 0 Å². The first kappa shape index (κ1) is 12.9. The van der Waals surface area contributed by atoms with Gasteiger partial charge in [-0.25, -0.2) is 0 Å². The topological polar surface area (TPSA) is 33.7 Å². The van der Waals surface area contributed by atoms with E-state index in [1.165, 1.54) is 0 Å². The Morgan fingerprint density at radius 2 is 1.73 bits per heavy atom. The van der Waals surface area contributed by atoms with E-state index in [1.54, 1.807) is 0 Å². The number of piperazine rings is 1. The van der Waals surface area contributed by atoms with Gasteiger partial charge in [0.1, 0.15) is 0 Å². The highest BCUT2D eigenvalue weighted by Crippen LogP contribution is 2.04. The van der Waals surface area contributed by atoms with Crippen LogP contribution in [0.3, 0.4) is 0 Å². The average Bonchev–Trinajstić information content (AvgIpc) is 2.28. The molecule has 0 saturated carbocycles. The highest BCUT2D eigenvalue weighted by Gasteiger charge is 2.13. The van der Waals surface area contributed by atoms with Crippen molar-refractivity contribution in [3.8, 4) is 0 Å². The van der Waals surface area contributed by atoms with Crippen LogP contribution in [0.1, 0.15) is 20.3 Å². The van der Waals surface area contributed by atoms with Crippen LogP contribution >= 0.6 is 0 Å². The lowest BCUT2D eigenvalue weighted by atomic mass is 10.3. The maximum atomic E-state index is 5.51. The molecule has 1 aliphatic heterocycles. The second-order valence-corrected chi connectivity index (χ2v) is 3.72. The van der Waals surface area contributed by atoms with Gasteiger partial charge in [0.25, 0.3) is 0 Å². The molecule has 0 radical (unpaired) electrons. The molecule has 1 heterocycles. The van der Waals surface area contributed by atoms with E-state index >= 15 is 0 Å². The fourth-order valence-corrected chi connectivity index (χ4v) is 1.81. The molecule has 0 aliphatic carbocycles. The van der Waals surface area contributed by atoms with Crippen molar-refractivity contribution in [2.24, 2.45) is 0 Å². The molecule has 0 atom stereocenters. The third kappa shape index (κ3) is 5.47. The number of nitrogens with one attached hydrogen (secondary N) is 1. The Balaban J connectivity index is 2.13. The van der Waals surface area contributed by atoms with Crippen molar-refractivity contribution in [2.45, 2.75) is 26.6 Å². The van der Waals surface area contributed by atoms with E-state index in [0.717, 1.165) is 52.4 Å². The van der Waals surface area contributed by atoms with Gasteiger partial charge in [-0.1, -0.05) is 0 Å². The van der Waals surface area contributed by atoms with E-state index in [9.17, 15) is 0 Å². The van der Waals surface area contributed by atoms with Crippen molar-refractivity contribution in [1.82, 2.24) is 10.2 Å². The highest BCUT2D eigenvalue weighted by molar-refractivity contribution is 4.67. The minimum absolute atomic E-state index is 0.0186. The van der Waals surface area contributed by atoms with Gasteiger partial charge in [-0.05, 0) is 13.8 Å². The summed E-state index contributed by atoms with van der Waals surface area (Å²) < 4.78 is 11.0. The minimum Gasteiger partial charge on any atom is -0.353 e. The van der Waals surface area contributed by atoms with E-state index in [2.05, 4.69) is 10.2 Å². The summed E-state index contributed by atoms with van der Waals surface area (Å²) in [7, 11) is 0. The maximum absolute atomic E-state index is 5.51. The lowest BCUT2D eigenvalue weighted by Gasteiger charge is -2.28. The van der Waals surface area contributed by atoms with E-state index in [0.29, 0.717) is 0 Å². The van der Waals surface area contributed by atoms with Gasteiger partial charge in [-0.2, -0.15) is 0 Å². The Kier molecular flexibility index (Phi) is 6.92. The van der Waals surface area contributed by atoms with Crippen LogP contribution in [0, 0.1) is 0 Å². The highest BCUT2D eigenvalue weighted by atomic mass is 16.7. The first-order chi connectivity index (χ1) is 7.36. The second kappa shape index (κ2) is 8.05. The van der Waals surface area contributed by atoms with Crippen LogP contribution in [0.15, 0.2) is 0 Å². The van der Waals surface area contributed by atoms with Crippen LogP contribution < -0.4 is 5.32 Å². The number of hydrogen-bond donors (Lipinski definition) is 1. The molecule has 1 N–H and O–H groups in total. The normalized spacial score (nSPS) is 18.6. The lowest BCUT2D eigenvalue weighted by Crippen LogP contribution is -2.44. The second-order valence-electron chi connectivity index (χ2n) is 3.72. The van der Waals surface area contributed by atoms with Gasteiger partial charge in [-0.15, -0.1) is 0 Å². The summed E-state index contributed by atoms with van der Waals surface area (Å²) in [6, 6.07) is 0. The summed E-state index contributed by atoms with van der Waals surface area (Å²) in [6.07, 6.45) is 0.955. The summed E-state index contributed by atoms with van der Waals surface area (Å²) in [5.74, 6) is 0. The monoisotopic (exact) mass is 216 g/mol. The Morgan fingerprint density at radius 1 is 1.13 bits per heavy atom. The van der Waals surface area contributed by atoms with Gasteiger partial charge in [0.15, 0.2) is 6.29 Å². The lowest BCUT2D eigenvalue weighted by molar-refractivity contribution is -0.141. The van der Waals surface area contributed by atoms with Crippen LogP contribution in [0.4, 0.5) is 0 Å². The molecular formula is C11H24N2O2. The molecule has 1 aliphatic rings. The van der Waals surface area contributed by atoms with E-state index in [4.69, 9.17) is 9.47 Å². The minimum atomic E-state index is -0.0186. The summed E-state index contributed by atoms with van der Waals surface area (Å²) in [4.78, 5) is 2.46. The van der Waals surface area contributed by atoms with Crippen molar-refractivity contribution in [1.29, 1.82) is 0 Å². The number of ether oxygens (including phenoxy) is 2. The van der Waals surface area contributed by atoms with Crippen molar-refractivity contribution < 1.29 is 9.47 Å². The summed E-state index contributed by atoms with van der Waals surface area (Å²) in [5.41, 5.74) is 0. The molecule has 0 amide bonds. The van der Waals surface area contributed by atoms with Gasteiger partial charge in [0.05, 0.1) is 0 Å². The quantitative estimate of drug-likeness (QED) is 0.635. The van der Waals surface area contributed by atoms with Crippen LogP contribution in [0.2, 0.25) is 0 Å². The van der Waals surface area contributed by atoms with Crippen LogP contribution in [0.5, 0.6) is 0 Å². The Hall–Kier alpha value is -0.160. The third-order valence-electron chi connectivity index (χ3n) is 2.60. The zero-order valence-electron chi connectivity index (χ0n) is 10.00. The number of nitrogens with zero attached hydrogens (tertiary/aromatic N) is 1. The third-order valence-corrected chi connectivity index (χ3v) is 2.60. The fourth-order valence-electron chi connectivity index (χ4n) is 1.81. The SMILES string of the molecule is CCOC(CCN1CCNCC1)OCC. The first-order valence-corrected chi connectivity index (χ1v) is 6.03. The standard InChI is InChI=1S/C11H24N2O2/c1-3-14-11(15-4-2)5-8-13-9-6-12-7-10-13/h11-12H,3-10H2,1-2H3. The smallest absolute Gasteiger partial charge is 0.158 e. The van der Waals surface area contributed by atoms with Crippen molar-refractivity contribution in [2.75, 3.05) is 45.9 Å². The molecule has 15 heavy (non-hydrogen) atoms. The molecule has 1 fully saturated rings. The predicted octanol–water partition coefficient (Wildman–Crippen LogP) is 0.681. The molecule has 4 heteroatoms. The van der Waals surface area contributed by atoms with Crippen LogP contribution in [0.25, 0.3) is 0 Å². The molecule has 0 bridgehead atoms. The van der Waals surface area contributed by atoms with Gasteiger partial charge >= 0.3 is 0 Å². The predicted molar refractivity (Wildman–Crippen MR) is 61.0 cm³/mol. The molecule has 4 nitrogen and oxygen atoms in total. The van der Waals surface area contributed by atoms with Gasteiger partial charge in [0.2, 0.25) is 0 Å². The van der Waals surface area contributed by atoms with E-state index in [-0.39, 0.29) is 6.29 Å². The number of hydrogen-bond acceptors (Lipinski definition) is 4. The zero-order chi connectivity index (χ0) is 10.9. The largest absolute Gasteiger partial charge is 0.353 e. The van der Waals surface area contributed by atoms with Gasteiger partial charge < -0.3 is 19.7 Å². The molecule has 0 aromatic heterocycles. The van der Waals surface area contributed by atoms with E-state index in [1.807, 2.05) is 13.8 Å². The summed E-state index contributed by atoms with van der Waals surface area (Å²) >= 11 is 0. The van der Waals surface area contributed by atoms with E-state index < -0.39 is 0 Å². The first-order valence-electron chi connectivity index (χ1n) is 6.03. The Labute approximate surface area is 92.9 Å². The molecule has 90 valence electrons. The molecule has 0 unspecified atom stereocenters. The van der Waals surface area contributed by atoms with Gasteiger partial charge in [0, 0.05) is 52.4 Å². The molecule has 1 rings (SSSR count). The maximum Gasteiger partial charge on any atom is 0.158 e. The average molecular weight is 216 g/mol. The summed E-state index contributed by atoms with van der Waals surface area (Å²) in [5, 5.41) is 3.35. The Bertz CT molecular complexity index is 144. The van der Waals surface area contributed by atoms with Crippen molar-refractivity contribution >= 4 is 0 Å².